The van der Waals surface area contributed by atoms with E-state index in [-0.39, 0.29) is 11.5 Å². The number of carbonyl (C=O) groups excluding carboxylic acids is 1. The molecule has 2 aliphatic rings. The Morgan fingerprint density at radius 3 is 2.90 bits per heavy atom. The molecule has 1 saturated heterocycles. The predicted octanol–water partition coefficient (Wildman–Crippen LogP) is 2.09. The van der Waals surface area contributed by atoms with Gasteiger partial charge in [0.1, 0.15) is 0 Å². The minimum atomic E-state index is -0.169. The van der Waals surface area contributed by atoms with Crippen LogP contribution >= 0.6 is 0 Å². The van der Waals surface area contributed by atoms with Crippen molar-refractivity contribution in [1.29, 1.82) is 0 Å². The molecule has 2 unspecified atom stereocenters. The third kappa shape index (κ3) is 1.89. The normalized spacial score (nSPS) is 29.6. The number of aryl methyl sites for hydroxylation is 1. The molecule has 1 N–H and O–H groups in total. The Labute approximate surface area is 121 Å². The van der Waals surface area contributed by atoms with E-state index in [0.29, 0.717) is 5.91 Å². The lowest BCUT2D eigenvalue weighted by atomic mass is 9.82. The van der Waals surface area contributed by atoms with Crippen molar-refractivity contribution < 1.29 is 4.79 Å². The van der Waals surface area contributed by atoms with Crippen LogP contribution < -0.4 is 5.32 Å². The molecule has 3 heterocycles. The Bertz CT molecular complexity index is 514. The van der Waals surface area contributed by atoms with E-state index in [1.54, 1.807) is 0 Å². The SMILES string of the molecule is CCC1(C(=O)N2CCn3c(C)ccc3C2C)CCNC1. The maximum absolute atomic E-state index is 13.1. The van der Waals surface area contributed by atoms with E-state index in [4.69, 9.17) is 0 Å². The summed E-state index contributed by atoms with van der Waals surface area (Å²) in [7, 11) is 0. The summed E-state index contributed by atoms with van der Waals surface area (Å²) in [6.45, 7) is 10.0. The van der Waals surface area contributed by atoms with E-state index in [2.05, 4.69) is 47.7 Å². The van der Waals surface area contributed by atoms with Crippen molar-refractivity contribution in [3.8, 4) is 0 Å². The number of hydrogen-bond acceptors (Lipinski definition) is 2. The summed E-state index contributed by atoms with van der Waals surface area (Å²) >= 11 is 0. The first-order chi connectivity index (χ1) is 9.59. The van der Waals surface area contributed by atoms with Gasteiger partial charge < -0.3 is 14.8 Å². The van der Waals surface area contributed by atoms with Crippen molar-refractivity contribution in [2.24, 2.45) is 5.41 Å². The zero-order chi connectivity index (χ0) is 14.3. The van der Waals surface area contributed by atoms with Crippen molar-refractivity contribution in [2.75, 3.05) is 19.6 Å². The molecule has 1 aromatic rings. The lowest BCUT2D eigenvalue weighted by molar-refractivity contribution is -0.144. The molecule has 0 saturated carbocycles. The summed E-state index contributed by atoms with van der Waals surface area (Å²) in [6.07, 6.45) is 1.91. The van der Waals surface area contributed by atoms with Gasteiger partial charge in [-0.05, 0) is 45.4 Å². The van der Waals surface area contributed by atoms with Gasteiger partial charge in [-0.15, -0.1) is 0 Å². The fourth-order valence-corrected chi connectivity index (χ4v) is 3.78. The summed E-state index contributed by atoms with van der Waals surface area (Å²) in [4.78, 5) is 15.2. The highest BCUT2D eigenvalue weighted by Crippen LogP contribution is 2.36. The summed E-state index contributed by atoms with van der Waals surface area (Å²) in [5.41, 5.74) is 2.41. The van der Waals surface area contributed by atoms with Gasteiger partial charge in [0.25, 0.3) is 0 Å². The molecule has 1 fully saturated rings. The average molecular weight is 275 g/mol. The smallest absolute Gasteiger partial charge is 0.230 e. The van der Waals surface area contributed by atoms with E-state index in [1.807, 2.05) is 0 Å². The monoisotopic (exact) mass is 275 g/mol. The molecule has 1 amide bonds. The first-order valence-electron chi connectivity index (χ1n) is 7.77. The molecule has 1 aromatic heterocycles. The highest BCUT2D eigenvalue weighted by molar-refractivity contribution is 5.84. The number of fused-ring (bicyclic) bond motifs is 1. The highest BCUT2D eigenvalue weighted by Gasteiger charge is 2.44. The third-order valence-electron chi connectivity index (χ3n) is 5.33. The molecule has 0 aromatic carbocycles. The summed E-state index contributed by atoms with van der Waals surface area (Å²) in [6, 6.07) is 4.52. The molecule has 2 aliphatic heterocycles. The molecule has 2 atom stereocenters. The van der Waals surface area contributed by atoms with Crippen molar-refractivity contribution >= 4 is 5.91 Å². The van der Waals surface area contributed by atoms with E-state index < -0.39 is 0 Å². The minimum Gasteiger partial charge on any atom is -0.345 e. The van der Waals surface area contributed by atoms with Gasteiger partial charge in [0.05, 0.1) is 11.5 Å². The molecular weight excluding hydrogens is 250 g/mol. The second-order valence-corrected chi connectivity index (χ2v) is 6.29. The van der Waals surface area contributed by atoms with Gasteiger partial charge in [0.2, 0.25) is 5.91 Å². The second kappa shape index (κ2) is 4.92. The molecule has 0 aliphatic carbocycles. The van der Waals surface area contributed by atoms with Gasteiger partial charge in [-0.3, -0.25) is 4.79 Å². The van der Waals surface area contributed by atoms with Crippen LogP contribution in [0.5, 0.6) is 0 Å². The van der Waals surface area contributed by atoms with Crippen molar-refractivity contribution in [1.82, 2.24) is 14.8 Å². The first kappa shape index (κ1) is 13.7. The number of hydrogen-bond donors (Lipinski definition) is 1. The highest BCUT2D eigenvalue weighted by atomic mass is 16.2. The Kier molecular flexibility index (Phi) is 3.36. The molecule has 0 bridgehead atoms. The van der Waals surface area contributed by atoms with Crippen molar-refractivity contribution in [3.63, 3.8) is 0 Å². The molecule has 4 heteroatoms. The zero-order valence-electron chi connectivity index (χ0n) is 12.8. The zero-order valence-corrected chi connectivity index (χ0v) is 12.8. The minimum absolute atomic E-state index is 0.169. The van der Waals surface area contributed by atoms with Gasteiger partial charge in [-0.25, -0.2) is 0 Å². The molecule has 3 rings (SSSR count). The van der Waals surface area contributed by atoms with Gasteiger partial charge >= 0.3 is 0 Å². The maximum atomic E-state index is 13.1. The van der Waals surface area contributed by atoms with Crippen molar-refractivity contribution in [3.05, 3.63) is 23.5 Å². The van der Waals surface area contributed by atoms with Crippen LogP contribution in [0.4, 0.5) is 0 Å². The Balaban J connectivity index is 1.87. The lowest BCUT2D eigenvalue weighted by Crippen LogP contribution is -2.49. The van der Waals surface area contributed by atoms with Crippen LogP contribution in [0.3, 0.4) is 0 Å². The van der Waals surface area contributed by atoms with Gasteiger partial charge in [-0.2, -0.15) is 0 Å². The van der Waals surface area contributed by atoms with Crippen LogP contribution in [0.1, 0.15) is 44.1 Å². The van der Waals surface area contributed by atoms with E-state index >= 15 is 0 Å². The fourth-order valence-electron chi connectivity index (χ4n) is 3.78. The first-order valence-corrected chi connectivity index (χ1v) is 7.77. The van der Waals surface area contributed by atoms with Gasteiger partial charge in [0.15, 0.2) is 0 Å². The maximum Gasteiger partial charge on any atom is 0.230 e. The topological polar surface area (TPSA) is 37.3 Å². The molecule has 4 nitrogen and oxygen atoms in total. The number of nitrogens with one attached hydrogen (secondary N) is 1. The third-order valence-corrected chi connectivity index (χ3v) is 5.33. The summed E-state index contributed by atoms with van der Waals surface area (Å²) in [5.74, 6) is 0.350. The number of amides is 1. The van der Waals surface area contributed by atoms with Crippen LogP contribution in [-0.2, 0) is 11.3 Å². The lowest BCUT2D eigenvalue weighted by Gasteiger charge is -2.40. The molecule has 110 valence electrons. The van der Waals surface area contributed by atoms with Crippen LogP contribution in [0, 0.1) is 12.3 Å². The number of aromatic nitrogens is 1. The quantitative estimate of drug-likeness (QED) is 0.897. The van der Waals surface area contributed by atoms with Crippen LogP contribution in [0.25, 0.3) is 0 Å². The van der Waals surface area contributed by atoms with Gasteiger partial charge in [0, 0.05) is 31.0 Å². The number of carbonyl (C=O) groups is 1. The second-order valence-electron chi connectivity index (χ2n) is 6.29. The number of nitrogens with zero attached hydrogens (tertiary/aromatic N) is 2. The van der Waals surface area contributed by atoms with Crippen molar-refractivity contribution in [2.45, 2.75) is 46.2 Å². The molecule has 20 heavy (non-hydrogen) atoms. The summed E-state index contributed by atoms with van der Waals surface area (Å²) in [5, 5.41) is 3.37. The van der Waals surface area contributed by atoms with Gasteiger partial charge in [-0.1, -0.05) is 6.92 Å². The van der Waals surface area contributed by atoms with Crippen LogP contribution in [-0.4, -0.2) is 35.0 Å². The average Bonchev–Trinajstić information content (AvgIpc) is 3.07. The Morgan fingerprint density at radius 2 is 2.25 bits per heavy atom. The predicted molar refractivity (Wildman–Crippen MR) is 79.5 cm³/mol. The summed E-state index contributed by atoms with van der Waals surface area (Å²) < 4.78 is 2.35. The molecule has 0 radical (unpaired) electrons. The molecular formula is C16H25N3O. The largest absolute Gasteiger partial charge is 0.345 e. The molecule has 0 spiro atoms. The van der Waals surface area contributed by atoms with E-state index in [0.717, 1.165) is 39.0 Å². The number of rotatable bonds is 2. The fraction of sp³-hybridized carbons (Fsp3) is 0.688. The van der Waals surface area contributed by atoms with Crippen LogP contribution in [0.15, 0.2) is 12.1 Å². The standard InChI is InChI=1S/C16H25N3O/c1-4-16(7-8-17-11-16)15(20)19-10-9-18-12(2)5-6-14(18)13(19)3/h5-6,13,17H,4,7-11H2,1-3H3. The van der Waals surface area contributed by atoms with Crippen LogP contribution in [0.2, 0.25) is 0 Å². The van der Waals surface area contributed by atoms with E-state index in [1.165, 1.54) is 11.4 Å². The van der Waals surface area contributed by atoms with E-state index in [9.17, 15) is 4.79 Å². The Hall–Kier alpha value is -1.29. The Morgan fingerprint density at radius 1 is 1.45 bits per heavy atom.